The fourth-order valence-electron chi connectivity index (χ4n) is 1.16. The van der Waals surface area contributed by atoms with E-state index in [2.05, 4.69) is 25.5 Å². The number of rotatable bonds is 2. The van der Waals surface area contributed by atoms with Crippen LogP contribution in [-0.4, -0.2) is 25.1 Å². The monoisotopic (exact) mass is 179 g/mol. The molecule has 1 heterocycles. The number of hydrogen-bond donors (Lipinski definition) is 0. The van der Waals surface area contributed by atoms with Gasteiger partial charge in [-0.15, -0.1) is 0 Å². The van der Waals surface area contributed by atoms with E-state index < -0.39 is 0 Å². The van der Waals surface area contributed by atoms with Gasteiger partial charge in [0.15, 0.2) is 0 Å². The van der Waals surface area contributed by atoms with Gasteiger partial charge in [0.1, 0.15) is 12.4 Å². The Balaban J connectivity index is 2.89. The van der Waals surface area contributed by atoms with Crippen molar-refractivity contribution in [1.29, 1.82) is 0 Å². The second-order valence-electron chi connectivity index (χ2n) is 3.31. The highest BCUT2D eigenvalue weighted by atomic mass is 16.5. The van der Waals surface area contributed by atoms with Crippen LogP contribution in [0, 0.1) is 0 Å². The van der Waals surface area contributed by atoms with Gasteiger partial charge in [0.05, 0.1) is 12.2 Å². The fourth-order valence-corrected chi connectivity index (χ4v) is 1.16. The van der Waals surface area contributed by atoms with Gasteiger partial charge in [-0.05, 0) is 25.5 Å². The number of hydrogen-bond acceptors (Lipinski definition) is 2. The lowest BCUT2D eigenvalue weighted by atomic mass is 10.2. The molecule has 0 amide bonds. The maximum absolute atomic E-state index is 5.55. The number of likely N-dealkylation sites (N-methyl/N-ethyl adjacent to an activating group) is 1. The van der Waals surface area contributed by atoms with Crippen LogP contribution in [0.2, 0.25) is 0 Å². The summed E-state index contributed by atoms with van der Waals surface area (Å²) < 4.78 is 5.55. The van der Waals surface area contributed by atoms with Crippen LogP contribution < -0.4 is 0 Å². The van der Waals surface area contributed by atoms with Gasteiger partial charge in [-0.2, -0.15) is 0 Å². The normalized spacial score (nSPS) is 18.7. The fraction of sp³-hybridized carbons (Fsp3) is 0.455. The molecule has 0 aromatic heterocycles. The Morgan fingerprint density at radius 1 is 1.62 bits per heavy atom. The Bertz CT molecular complexity index is 263. The topological polar surface area (TPSA) is 12.5 Å². The molecule has 2 heteroatoms. The summed E-state index contributed by atoms with van der Waals surface area (Å²) in [6.45, 7) is 9.54. The highest BCUT2D eigenvalue weighted by Gasteiger charge is 2.12. The van der Waals surface area contributed by atoms with Crippen molar-refractivity contribution in [2.45, 2.75) is 13.8 Å². The minimum atomic E-state index is 0.768. The highest BCUT2D eigenvalue weighted by Crippen LogP contribution is 2.17. The molecule has 0 N–H and O–H groups in total. The smallest absolute Gasteiger partial charge is 0.138 e. The Kier molecular flexibility index (Phi) is 3.18. The summed E-state index contributed by atoms with van der Waals surface area (Å²) in [5, 5.41) is 0. The third-order valence-corrected chi connectivity index (χ3v) is 2.29. The molecule has 2 nitrogen and oxygen atoms in total. The molecule has 0 aromatic rings. The van der Waals surface area contributed by atoms with E-state index in [1.165, 1.54) is 5.70 Å². The van der Waals surface area contributed by atoms with Crippen LogP contribution >= 0.6 is 0 Å². The van der Waals surface area contributed by atoms with Crippen LogP contribution in [0.5, 0.6) is 0 Å². The van der Waals surface area contributed by atoms with Crippen molar-refractivity contribution >= 4 is 0 Å². The highest BCUT2D eigenvalue weighted by molar-refractivity contribution is 5.27. The van der Waals surface area contributed by atoms with Gasteiger partial charge < -0.3 is 9.64 Å². The molecular formula is C11H17NO. The lowest BCUT2D eigenvalue weighted by Gasteiger charge is -2.27. The van der Waals surface area contributed by atoms with E-state index >= 15 is 0 Å². The van der Waals surface area contributed by atoms with E-state index in [4.69, 9.17) is 4.74 Å². The van der Waals surface area contributed by atoms with Crippen molar-refractivity contribution in [2.75, 3.05) is 20.2 Å². The molecule has 0 fully saturated rings. The summed E-state index contributed by atoms with van der Waals surface area (Å²) in [6, 6.07) is 0. The number of allylic oxidation sites excluding steroid dienone is 4. The zero-order chi connectivity index (χ0) is 9.84. The molecule has 0 unspecified atom stereocenters. The standard InChI is InChI=1S/C11H17NO/c1-5-9(2)8-11-10(3)12(4)6-7-13-11/h5,8H,1,6-7H2,2-4H3/b9-8-. The molecule has 0 aliphatic carbocycles. The second-order valence-corrected chi connectivity index (χ2v) is 3.31. The van der Waals surface area contributed by atoms with Crippen LogP contribution in [0.1, 0.15) is 13.8 Å². The van der Waals surface area contributed by atoms with Gasteiger partial charge in [-0.3, -0.25) is 0 Å². The van der Waals surface area contributed by atoms with Gasteiger partial charge >= 0.3 is 0 Å². The lowest BCUT2D eigenvalue weighted by Crippen LogP contribution is -2.27. The average Bonchev–Trinajstić information content (AvgIpc) is 2.13. The van der Waals surface area contributed by atoms with Crippen LogP contribution in [-0.2, 0) is 4.74 Å². The zero-order valence-corrected chi connectivity index (χ0v) is 8.63. The van der Waals surface area contributed by atoms with Gasteiger partial charge in [0.2, 0.25) is 0 Å². The number of nitrogens with zero attached hydrogens (tertiary/aromatic N) is 1. The molecule has 72 valence electrons. The largest absolute Gasteiger partial charge is 0.490 e. The second kappa shape index (κ2) is 4.17. The molecule has 1 aliphatic heterocycles. The first kappa shape index (κ1) is 9.90. The van der Waals surface area contributed by atoms with Gasteiger partial charge in [0, 0.05) is 7.05 Å². The molecule has 1 aliphatic rings. The predicted octanol–water partition coefficient (Wildman–Crippen LogP) is 2.31. The van der Waals surface area contributed by atoms with Crippen molar-refractivity contribution in [3.05, 3.63) is 35.8 Å². The first-order valence-electron chi connectivity index (χ1n) is 4.50. The van der Waals surface area contributed by atoms with E-state index in [1.807, 2.05) is 19.1 Å². The first-order valence-corrected chi connectivity index (χ1v) is 4.50. The molecule has 0 saturated carbocycles. The van der Waals surface area contributed by atoms with Crippen LogP contribution in [0.4, 0.5) is 0 Å². The minimum absolute atomic E-state index is 0.768. The first-order chi connectivity index (χ1) is 6.15. The molecule has 0 radical (unpaired) electrons. The van der Waals surface area contributed by atoms with Gasteiger partial charge in [-0.25, -0.2) is 0 Å². The predicted molar refractivity (Wildman–Crippen MR) is 55.2 cm³/mol. The number of ether oxygens (including phenoxy) is 1. The quantitative estimate of drug-likeness (QED) is 0.603. The maximum Gasteiger partial charge on any atom is 0.138 e. The average molecular weight is 179 g/mol. The van der Waals surface area contributed by atoms with Crippen molar-refractivity contribution in [2.24, 2.45) is 0 Å². The summed E-state index contributed by atoms with van der Waals surface area (Å²) in [5.41, 5.74) is 2.32. The molecule has 13 heavy (non-hydrogen) atoms. The van der Waals surface area contributed by atoms with Crippen molar-refractivity contribution < 1.29 is 4.74 Å². The van der Waals surface area contributed by atoms with Gasteiger partial charge in [-0.1, -0.05) is 12.7 Å². The summed E-state index contributed by atoms with van der Waals surface area (Å²) in [4.78, 5) is 2.20. The third-order valence-electron chi connectivity index (χ3n) is 2.29. The van der Waals surface area contributed by atoms with E-state index in [-0.39, 0.29) is 0 Å². The van der Waals surface area contributed by atoms with E-state index in [1.54, 1.807) is 0 Å². The van der Waals surface area contributed by atoms with Crippen molar-refractivity contribution in [3.63, 3.8) is 0 Å². The molecule has 1 rings (SSSR count). The lowest BCUT2D eigenvalue weighted by molar-refractivity contribution is 0.152. The summed E-state index contributed by atoms with van der Waals surface area (Å²) >= 11 is 0. The Morgan fingerprint density at radius 3 is 2.92 bits per heavy atom. The third kappa shape index (κ3) is 2.38. The summed E-state index contributed by atoms with van der Waals surface area (Å²) in [5.74, 6) is 0.964. The van der Waals surface area contributed by atoms with Crippen molar-refractivity contribution in [3.8, 4) is 0 Å². The van der Waals surface area contributed by atoms with Crippen LogP contribution in [0.25, 0.3) is 0 Å². The maximum atomic E-state index is 5.55. The molecule has 0 saturated heterocycles. The molecule has 0 bridgehead atoms. The Hall–Kier alpha value is -1.18. The Labute approximate surface area is 80.2 Å². The minimum Gasteiger partial charge on any atom is -0.490 e. The van der Waals surface area contributed by atoms with Crippen LogP contribution in [0.3, 0.4) is 0 Å². The molecule has 0 aromatic carbocycles. The SMILES string of the molecule is C=C/C(C)=C\C1=C(C)N(C)CCO1. The molecule has 0 spiro atoms. The van der Waals surface area contributed by atoms with E-state index in [9.17, 15) is 0 Å². The Morgan fingerprint density at radius 2 is 2.31 bits per heavy atom. The van der Waals surface area contributed by atoms with Crippen LogP contribution in [0.15, 0.2) is 35.8 Å². The van der Waals surface area contributed by atoms with E-state index in [0.717, 1.165) is 24.5 Å². The van der Waals surface area contributed by atoms with E-state index in [0.29, 0.717) is 0 Å². The van der Waals surface area contributed by atoms with Crippen molar-refractivity contribution in [1.82, 2.24) is 4.90 Å². The zero-order valence-electron chi connectivity index (χ0n) is 8.63. The molecular weight excluding hydrogens is 162 g/mol. The van der Waals surface area contributed by atoms with Gasteiger partial charge in [0.25, 0.3) is 0 Å². The molecule has 0 atom stereocenters. The summed E-state index contributed by atoms with van der Waals surface area (Å²) in [7, 11) is 2.08. The summed E-state index contributed by atoms with van der Waals surface area (Å²) in [6.07, 6.45) is 3.86.